The Morgan fingerprint density at radius 2 is 1.68 bits per heavy atom. The SMILES string of the molecule is CN[C@@H](C)C(=O)N1CC[C@H](NS(=O)(=O)c2ccc(NC(=O)c3ccccc3C)c3ccccc23)[C@H](C)C1. The normalized spacial score (nSPS) is 19.0. The van der Waals surface area contributed by atoms with Gasteiger partial charge in [0, 0.05) is 41.2 Å². The zero-order valence-electron chi connectivity index (χ0n) is 21.6. The third-order valence-electron chi connectivity index (χ3n) is 7.14. The van der Waals surface area contributed by atoms with Crippen LogP contribution in [0.1, 0.15) is 36.2 Å². The second-order valence-electron chi connectivity index (χ2n) is 9.71. The van der Waals surface area contributed by atoms with Gasteiger partial charge in [-0.1, -0.05) is 49.4 Å². The number of amides is 2. The largest absolute Gasteiger partial charge is 0.341 e. The summed E-state index contributed by atoms with van der Waals surface area (Å²) in [6.07, 6.45) is 0.533. The standard InChI is InChI=1S/C28H34N4O4S/c1-18-9-5-6-10-21(18)27(33)30-25-13-14-26(23-12-8-7-11-22(23)25)37(35,36)31-24-15-16-32(17-19(24)2)28(34)20(3)29-4/h5-14,19-20,24,29,31H,15-17H2,1-4H3,(H,30,33)/t19-,20+,24+/m1/s1. The molecule has 1 heterocycles. The van der Waals surface area contributed by atoms with E-state index in [0.29, 0.717) is 41.5 Å². The van der Waals surface area contributed by atoms with E-state index in [1.807, 2.05) is 45.0 Å². The van der Waals surface area contributed by atoms with Gasteiger partial charge in [0.25, 0.3) is 5.91 Å². The monoisotopic (exact) mass is 522 g/mol. The van der Waals surface area contributed by atoms with E-state index in [4.69, 9.17) is 0 Å². The molecule has 0 radical (unpaired) electrons. The third kappa shape index (κ3) is 5.69. The van der Waals surface area contributed by atoms with Gasteiger partial charge in [-0.2, -0.15) is 0 Å². The number of hydrogen-bond donors (Lipinski definition) is 3. The number of aryl methyl sites for hydroxylation is 1. The molecule has 196 valence electrons. The van der Waals surface area contributed by atoms with E-state index in [9.17, 15) is 18.0 Å². The molecule has 3 aromatic carbocycles. The molecule has 3 N–H and O–H groups in total. The zero-order chi connectivity index (χ0) is 26.7. The van der Waals surface area contributed by atoms with Gasteiger partial charge >= 0.3 is 0 Å². The number of hydrogen-bond acceptors (Lipinski definition) is 5. The van der Waals surface area contributed by atoms with Crippen LogP contribution >= 0.6 is 0 Å². The van der Waals surface area contributed by atoms with Crippen LogP contribution < -0.4 is 15.4 Å². The topological polar surface area (TPSA) is 108 Å². The smallest absolute Gasteiger partial charge is 0.255 e. The van der Waals surface area contributed by atoms with Crippen LogP contribution in [0.2, 0.25) is 0 Å². The fourth-order valence-electron chi connectivity index (χ4n) is 4.81. The summed E-state index contributed by atoms with van der Waals surface area (Å²) in [6, 6.07) is 17.1. The molecule has 3 aromatic rings. The average molecular weight is 523 g/mol. The minimum absolute atomic E-state index is 0.0185. The number of anilines is 1. The van der Waals surface area contributed by atoms with Crippen LogP contribution in [-0.4, -0.2) is 57.4 Å². The molecule has 0 spiro atoms. The van der Waals surface area contributed by atoms with Crippen LogP contribution in [0, 0.1) is 12.8 Å². The van der Waals surface area contributed by atoms with E-state index >= 15 is 0 Å². The lowest BCUT2D eigenvalue weighted by Gasteiger charge is -2.38. The van der Waals surface area contributed by atoms with Crippen molar-refractivity contribution < 1.29 is 18.0 Å². The highest BCUT2D eigenvalue weighted by molar-refractivity contribution is 7.89. The van der Waals surface area contributed by atoms with Crippen LogP contribution in [0.4, 0.5) is 5.69 Å². The highest BCUT2D eigenvalue weighted by Gasteiger charge is 2.33. The maximum Gasteiger partial charge on any atom is 0.255 e. The number of likely N-dealkylation sites (N-methyl/N-ethyl adjacent to an activating group) is 1. The molecule has 1 saturated heterocycles. The number of piperidine rings is 1. The lowest BCUT2D eigenvalue weighted by atomic mass is 9.94. The Labute approximate surface area is 218 Å². The van der Waals surface area contributed by atoms with Gasteiger partial charge in [0.1, 0.15) is 0 Å². The summed E-state index contributed by atoms with van der Waals surface area (Å²) in [5, 5.41) is 7.07. The van der Waals surface area contributed by atoms with Gasteiger partial charge < -0.3 is 15.5 Å². The summed E-state index contributed by atoms with van der Waals surface area (Å²) in [5.41, 5.74) is 1.96. The molecule has 1 aliphatic rings. The van der Waals surface area contributed by atoms with E-state index in [1.54, 1.807) is 42.3 Å². The molecule has 4 rings (SSSR count). The second-order valence-corrected chi connectivity index (χ2v) is 11.4. The number of nitrogens with zero attached hydrogens (tertiary/aromatic N) is 1. The molecule has 1 aliphatic heterocycles. The Kier molecular flexibility index (Phi) is 7.96. The van der Waals surface area contributed by atoms with Crippen molar-refractivity contribution in [3.05, 3.63) is 71.8 Å². The molecular weight excluding hydrogens is 488 g/mol. The molecule has 0 bridgehead atoms. The van der Waals surface area contributed by atoms with Gasteiger partial charge in [-0.3, -0.25) is 9.59 Å². The molecule has 8 nitrogen and oxygen atoms in total. The Balaban J connectivity index is 1.56. The number of sulfonamides is 1. The van der Waals surface area contributed by atoms with Crippen molar-refractivity contribution >= 4 is 38.3 Å². The first-order chi connectivity index (χ1) is 17.6. The number of benzene rings is 3. The van der Waals surface area contributed by atoms with E-state index in [0.717, 1.165) is 5.56 Å². The van der Waals surface area contributed by atoms with Gasteiger partial charge in [-0.15, -0.1) is 0 Å². The summed E-state index contributed by atoms with van der Waals surface area (Å²) in [6.45, 7) is 6.63. The summed E-state index contributed by atoms with van der Waals surface area (Å²) >= 11 is 0. The van der Waals surface area contributed by atoms with Crippen LogP contribution in [-0.2, 0) is 14.8 Å². The molecule has 0 aliphatic carbocycles. The van der Waals surface area contributed by atoms with Gasteiger partial charge in [0.2, 0.25) is 15.9 Å². The Hall–Kier alpha value is -3.27. The first-order valence-electron chi connectivity index (χ1n) is 12.5. The summed E-state index contributed by atoms with van der Waals surface area (Å²) in [5.74, 6) is -0.278. The van der Waals surface area contributed by atoms with E-state index in [-0.39, 0.29) is 34.7 Å². The van der Waals surface area contributed by atoms with E-state index in [2.05, 4.69) is 15.4 Å². The fourth-order valence-corrected chi connectivity index (χ4v) is 6.40. The number of nitrogens with one attached hydrogen (secondary N) is 3. The van der Waals surface area contributed by atoms with Crippen molar-refractivity contribution in [2.45, 2.75) is 44.2 Å². The molecule has 37 heavy (non-hydrogen) atoms. The van der Waals surface area contributed by atoms with Crippen LogP contribution in [0.3, 0.4) is 0 Å². The molecule has 0 aromatic heterocycles. The Morgan fingerprint density at radius 1 is 1.00 bits per heavy atom. The number of carbonyl (C=O) groups is 2. The number of likely N-dealkylation sites (tertiary alicyclic amines) is 1. The van der Waals surface area contributed by atoms with Gasteiger partial charge in [-0.05, 0) is 57.0 Å². The fraction of sp³-hybridized carbons (Fsp3) is 0.357. The predicted octanol–water partition coefficient (Wildman–Crippen LogP) is 3.52. The number of fused-ring (bicyclic) bond motifs is 1. The van der Waals surface area contributed by atoms with Crippen LogP contribution in [0.5, 0.6) is 0 Å². The van der Waals surface area contributed by atoms with Gasteiger partial charge in [0.05, 0.1) is 10.9 Å². The Morgan fingerprint density at radius 3 is 2.35 bits per heavy atom. The summed E-state index contributed by atoms with van der Waals surface area (Å²) in [7, 11) is -2.11. The first-order valence-corrected chi connectivity index (χ1v) is 14.0. The number of rotatable bonds is 7. The van der Waals surface area contributed by atoms with Crippen molar-refractivity contribution in [2.24, 2.45) is 5.92 Å². The minimum Gasteiger partial charge on any atom is -0.341 e. The highest BCUT2D eigenvalue weighted by Crippen LogP contribution is 2.31. The third-order valence-corrected chi connectivity index (χ3v) is 8.69. The maximum absolute atomic E-state index is 13.5. The van der Waals surface area contributed by atoms with Crippen molar-refractivity contribution in [2.75, 3.05) is 25.5 Å². The lowest BCUT2D eigenvalue weighted by Crippen LogP contribution is -2.54. The lowest BCUT2D eigenvalue weighted by molar-refractivity contribution is -0.134. The van der Waals surface area contributed by atoms with Crippen LogP contribution in [0.15, 0.2) is 65.6 Å². The van der Waals surface area contributed by atoms with Crippen molar-refractivity contribution in [3.8, 4) is 0 Å². The molecular formula is C28H34N4O4S. The molecule has 9 heteroatoms. The minimum atomic E-state index is -3.86. The Bertz CT molecular complexity index is 1420. The molecule has 3 atom stereocenters. The highest BCUT2D eigenvalue weighted by atomic mass is 32.2. The quantitative estimate of drug-likeness (QED) is 0.440. The average Bonchev–Trinajstić information content (AvgIpc) is 2.89. The van der Waals surface area contributed by atoms with Gasteiger partial charge in [0.15, 0.2) is 0 Å². The second kappa shape index (κ2) is 11.0. The zero-order valence-corrected chi connectivity index (χ0v) is 22.4. The number of carbonyl (C=O) groups excluding carboxylic acids is 2. The summed E-state index contributed by atoms with van der Waals surface area (Å²) < 4.78 is 30.0. The van der Waals surface area contributed by atoms with Crippen LogP contribution in [0.25, 0.3) is 10.8 Å². The van der Waals surface area contributed by atoms with Gasteiger partial charge in [-0.25, -0.2) is 13.1 Å². The predicted molar refractivity (Wildman–Crippen MR) is 146 cm³/mol. The van der Waals surface area contributed by atoms with Crippen molar-refractivity contribution in [1.82, 2.24) is 14.9 Å². The maximum atomic E-state index is 13.5. The van der Waals surface area contributed by atoms with Crippen molar-refractivity contribution in [1.29, 1.82) is 0 Å². The first kappa shape index (κ1) is 26.8. The van der Waals surface area contributed by atoms with E-state index in [1.165, 1.54) is 6.07 Å². The van der Waals surface area contributed by atoms with E-state index < -0.39 is 10.0 Å². The van der Waals surface area contributed by atoms with Crippen molar-refractivity contribution in [3.63, 3.8) is 0 Å². The molecule has 2 amide bonds. The molecule has 0 unspecified atom stereocenters. The molecule has 0 saturated carbocycles. The molecule has 1 fully saturated rings. The summed E-state index contributed by atoms with van der Waals surface area (Å²) in [4.78, 5) is 27.4.